The monoisotopic (exact) mass is 297 g/mol. The molecule has 1 heterocycles. The Morgan fingerprint density at radius 2 is 1.90 bits per heavy atom. The van der Waals surface area contributed by atoms with E-state index in [4.69, 9.17) is 0 Å². The summed E-state index contributed by atoms with van der Waals surface area (Å²) in [4.78, 5) is 4.21. The predicted octanol–water partition coefficient (Wildman–Crippen LogP) is 2.91. The van der Waals surface area contributed by atoms with Crippen LogP contribution in [-0.2, 0) is 6.18 Å². The van der Waals surface area contributed by atoms with Crippen LogP contribution in [0.2, 0.25) is 0 Å². The van der Waals surface area contributed by atoms with E-state index in [0.717, 1.165) is 31.8 Å². The molecule has 114 valence electrons. The molecule has 0 bridgehead atoms. The molecule has 1 aromatic carbocycles. The molecule has 0 aromatic heterocycles. The highest BCUT2D eigenvalue weighted by atomic mass is 19.4. The van der Waals surface area contributed by atoms with Crippen LogP contribution in [0.5, 0.6) is 0 Å². The zero-order chi connectivity index (χ0) is 15.5. The van der Waals surface area contributed by atoms with Crippen molar-refractivity contribution in [3.63, 3.8) is 0 Å². The Hall–Kier alpha value is -1.58. The summed E-state index contributed by atoms with van der Waals surface area (Å²) in [6, 6.07) is 6.60. The first-order valence-electron chi connectivity index (χ1n) is 6.99. The molecular formula is C15H18F3N3. The molecule has 0 radical (unpaired) electrons. The van der Waals surface area contributed by atoms with Crippen LogP contribution in [0.15, 0.2) is 24.3 Å². The average molecular weight is 297 g/mol. The van der Waals surface area contributed by atoms with Crippen molar-refractivity contribution in [3.8, 4) is 6.07 Å². The molecule has 1 atom stereocenters. The highest BCUT2D eigenvalue weighted by Crippen LogP contribution is 2.32. The van der Waals surface area contributed by atoms with E-state index in [2.05, 4.69) is 17.9 Å². The molecule has 1 aliphatic rings. The molecule has 1 aromatic rings. The van der Waals surface area contributed by atoms with E-state index >= 15 is 0 Å². The van der Waals surface area contributed by atoms with Gasteiger partial charge in [0.05, 0.1) is 11.6 Å². The fraction of sp³-hybridized carbons (Fsp3) is 0.533. The zero-order valence-electron chi connectivity index (χ0n) is 11.9. The molecule has 6 heteroatoms. The lowest BCUT2D eigenvalue weighted by Crippen LogP contribution is -2.47. The highest BCUT2D eigenvalue weighted by Gasteiger charge is 2.32. The molecule has 1 saturated heterocycles. The van der Waals surface area contributed by atoms with Gasteiger partial charge in [0, 0.05) is 26.2 Å². The van der Waals surface area contributed by atoms with Gasteiger partial charge in [-0.25, -0.2) is 0 Å². The van der Waals surface area contributed by atoms with Gasteiger partial charge in [-0.2, -0.15) is 18.4 Å². The summed E-state index contributed by atoms with van der Waals surface area (Å²) in [6.45, 7) is 6.10. The summed E-state index contributed by atoms with van der Waals surface area (Å²) in [7, 11) is 0. The van der Waals surface area contributed by atoms with Gasteiger partial charge in [-0.1, -0.05) is 19.1 Å². The number of alkyl halides is 3. The normalized spacial score (nSPS) is 19.2. The molecule has 0 N–H and O–H groups in total. The maximum absolute atomic E-state index is 12.8. The van der Waals surface area contributed by atoms with E-state index in [1.54, 1.807) is 6.07 Å². The first-order valence-corrected chi connectivity index (χ1v) is 6.99. The maximum atomic E-state index is 12.8. The third-order valence-corrected chi connectivity index (χ3v) is 3.87. The van der Waals surface area contributed by atoms with Crippen LogP contribution in [0.25, 0.3) is 0 Å². The fourth-order valence-electron chi connectivity index (χ4n) is 2.59. The third-order valence-electron chi connectivity index (χ3n) is 3.87. The first-order chi connectivity index (χ1) is 9.95. The molecule has 3 nitrogen and oxygen atoms in total. The standard InChI is InChI=1S/C15H18F3N3/c1-2-20-6-8-21(9-7-20)14(11-19)12-4-3-5-13(10-12)15(16,17)18/h3-5,10,14H,2,6-9H2,1H3. The molecule has 1 aliphatic heterocycles. The lowest BCUT2D eigenvalue weighted by molar-refractivity contribution is -0.137. The summed E-state index contributed by atoms with van der Waals surface area (Å²) >= 11 is 0. The second-order valence-electron chi connectivity index (χ2n) is 5.13. The molecule has 0 saturated carbocycles. The van der Waals surface area contributed by atoms with Gasteiger partial charge in [-0.3, -0.25) is 4.90 Å². The van der Waals surface area contributed by atoms with Crippen LogP contribution in [0.4, 0.5) is 13.2 Å². The van der Waals surface area contributed by atoms with Crippen LogP contribution in [0, 0.1) is 11.3 Å². The minimum Gasteiger partial charge on any atom is -0.301 e. The van der Waals surface area contributed by atoms with Gasteiger partial charge in [-0.15, -0.1) is 0 Å². The van der Waals surface area contributed by atoms with Gasteiger partial charge < -0.3 is 4.90 Å². The third kappa shape index (κ3) is 3.74. The van der Waals surface area contributed by atoms with Crippen LogP contribution >= 0.6 is 0 Å². The molecule has 1 fully saturated rings. The molecule has 0 amide bonds. The summed E-state index contributed by atoms with van der Waals surface area (Å²) in [5, 5.41) is 9.36. The highest BCUT2D eigenvalue weighted by molar-refractivity contribution is 5.31. The van der Waals surface area contributed by atoms with Gasteiger partial charge in [-0.05, 0) is 24.2 Å². The van der Waals surface area contributed by atoms with E-state index in [1.807, 2.05) is 4.90 Å². The van der Waals surface area contributed by atoms with Crippen LogP contribution in [0.3, 0.4) is 0 Å². The smallest absolute Gasteiger partial charge is 0.301 e. The lowest BCUT2D eigenvalue weighted by atomic mass is 10.0. The SMILES string of the molecule is CCN1CCN(C(C#N)c2cccc(C(F)(F)F)c2)CC1. The van der Waals surface area contributed by atoms with Crippen LogP contribution in [0.1, 0.15) is 24.1 Å². The lowest BCUT2D eigenvalue weighted by Gasteiger charge is -2.36. The van der Waals surface area contributed by atoms with Gasteiger partial charge in [0.1, 0.15) is 6.04 Å². The second kappa shape index (κ2) is 6.46. The van der Waals surface area contributed by atoms with Crippen molar-refractivity contribution in [2.75, 3.05) is 32.7 Å². The number of piperazine rings is 1. The van der Waals surface area contributed by atoms with Crippen molar-refractivity contribution < 1.29 is 13.2 Å². The average Bonchev–Trinajstić information content (AvgIpc) is 2.48. The molecule has 0 spiro atoms. The van der Waals surface area contributed by atoms with E-state index in [9.17, 15) is 18.4 Å². The topological polar surface area (TPSA) is 30.3 Å². The van der Waals surface area contributed by atoms with E-state index in [0.29, 0.717) is 18.7 Å². The quantitative estimate of drug-likeness (QED) is 0.859. The Balaban J connectivity index is 2.17. The molecule has 2 rings (SSSR count). The number of benzene rings is 1. The van der Waals surface area contributed by atoms with E-state index in [-0.39, 0.29) is 0 Å². The Morgan fingerprint density at radius 3 is 2.43 bits per heavy atom. The van der Waals surface area contributed by atoms with E-state index < -0.39 is 17.8 Å². The van der Waals surface area contributed by atoms with E-state index in [1.165, 1.54) is 6.07 Å². The summed E-state index contributed by atoms with van der Waals surface area (Å²) in [6.07, 6.45) is -4.38. The number of hydrogen-bond acceptors (Lipinski definition) is 3. The predicted molar refractivity (Wildman–Crippen MR) is 73.5 cm³/mol. The minimum atomic E-state index is -4.38. The summed E-state index contributed by atoms with van der Waals surface area (Å²) in [5.41, 5.74) is -0.287. The van der Waals surface area contributed by atoms with Crippen molar-refractivity contribution in [1.29, 1.82) is 5.26 Å². The van der Waals surface area contributed by atoms with Gasteiger partial charge in [0.2, 0.25) is 0 Å². The Labute approximate surface area is 122 Å². The summed E-state index contributed by atoms with van der Waals surface area (Å²) < 4.78 is 38.3. The van der Waals surface area contributed by atoms with Crippen molar-refractivity contribution in [2.45, 2.75) is 19.1 Å². The molecule has 0 aliphatic carbocycles. The Bertz CT molecular complexity index is 514. The number of halogens is 3. The Kier molecular flexibility index (Phi) is 4.86. The van der Waals surface area contributed by atoms with Crippen LogP contribution < -0.4 is 0 Å². The fourth-order valence-corrected chi connectivity index (χ4v) is 2.59. The first kappa shape index (κ1) is 15.8. The van der Waals surface area contributed by atoms with Gasteiger partial charge in [0.15, 0.2) is 0 Å². The number of nitriles is 1. The molecular weight excluding hydrogens is 279 g/mol. The summed E-state index contributed by atoms with van der Waals surface area (Å²) in [5.74, 6) is 0. The van der Waals surface area contributed by atoms with Crippen molar-refractivity contribution >= 4 is 0 Å². The maximum Gasteiger partial charge on any atom is 0.416 e. The number of likely N-dealkylation sites (N-methyl/N-ethyl adjacent to an activating group) is 1. The molecule has 1 unspecified atom stereocenters. The van der Waals surface area contributed by atoms with Crippen molar-refractivity contribution in [1.82, 2.24) is 9.80 Å². The van der Waals surface area contributed by atoms with Crippen LogP contribution in [-0.4, -0.2) is 42.5 Å². The number of nitrogens with zero attached hydrogens (tertiary/aromatic N) is 3. The van der Waals surface area contributed by atoms with Gasteiger partial charge in [0.25, 0.3) is 0 Å². The van der Waals surface area contributed by atoms with Crippen molar-refractivity contribution in [3.05, 3.63) is 35.4 Å². The van der Waals surface area contributed by atoms with Crippen molar-refractivity contribution in [2.24, 2.45) is 0 Å². The minimum absolute atomic E-state index is 0.414. The number of hydrogen-bond donors (Lipinski definition) is 0. The molecule has 21 heavy (non-hydrogen) atoms. The number of rotatable bonds is 3. The second-order valence-corrected chi connectivity index (χ2v) is 5.13. The Morgan fingerprint density at radius 1 is 1.24 bits per heavy atom. The van der Waals surface area contributed by atoms with Gasteiger partial charge >= 0.3 is 6.18 Å². The largest absolute Gasteiger partial charge is 0.416 e. The zero-order valence-corrected chi connectivity index (χ0v) is 11.9.